The summed E-state index contributed by atoms with van der Waals surface area (Å²) in [4.78, 5) is 137. The molecule has 2 unspecified atom stereocenters. The normalized spacial score (nSPS) is 21.0. The van der Waals surface area contributed by atoms with E-state index in [0.29, 0.717) is 48.5 Å². The van der Waals surface area contributed by atoms with E-state index < -0.39 is 132 Å². The van der Waals surface area contributed by atoms with Crippen molar-refractivity contribution in [2.75, 3.05) is 61.5 Å². The van der Waals surface area contributed by atoms with Crippen LogP contribution in [0.25, 0.3) is 0 Å². The van der Waals surface area contributed by atoms with Gasteiger partial charge in [-0.3, -0.25) is 47.9 Å². The fourth-order valence-electron chi connectivity index (χ4n) is 18.2. The van der Waals surface area contributed by atoms with Crippen LogP contribution in [-0.2, 0) is 74.6 Å². The third kappa shape index (κ3) is 33.3. The number of esters is 5. The van der Waals surface area contributed by atoms with Crippen LogP contribution in [-0.4, -0.2) is 192 Å². The van der Waals surface area contributed by atoms with E-state index in [2.05, 4.69) is 49.2 Å². The summed E-state index contributed by atoms with van der Waals surface area (Å²) in [6.45, 7) is -1.55. The molecule has 5 amide bonds. The second kappa shape index (κ2) is 48.0. The van der Waals surface area contributed by atoms with Crippen LogP contribution in [0.5, 0.6) is 28.7 Å². The van der Waals surface area contributed by atoms with E-state index in [1.165, 1.54) is 49.6 Å². The highest BCUT2D eigenvalue weighted by atomic mass is 127. The van der Waals surface area contributed by atoms with Crippen LogP contribution in [0.15, 0.2) is 121 Å². The lowest BCUT2D eigenvalue weighted by Gasteiger charge is -2.55. The van der Waals surface area contributed by atoms with Crippen LogP contribution < -0.4 is 50.3 Å². The van der Waals surface area contributed by atoms with Gasteiger partial charge in [0, 0.05) is 62.4 Å². The number of hydrogen-bond donors (Lipinski definition) is 5. The maximum atomic E-state index is 13.2. The number of ether oxygens (including phenoxy) is 5. The second-order valence-corrected chi connectivity index (χ2v) is 47.6. The fourth-order valence-corrected chi connectivity index (χ4v) is 22.2. The lowest BCUT2D eigenvalue weighted by molar-refractivity contribution is -0.167. The highest BCUT2D eigenvalue weighted by Gasteiger charge is 2.60. The Morgan fingerprint density at radius 1 is 0.323 bits per heavy atom. The lowest BCUT2D eigenvalue weighted by atomic mass is 9.49. The van der Waals surface area contributed by atoms with E-state index >= 15 is 0 Å². The molecule has 10 aliphatic rings. The van der Waals surface area contributed by atoms with Crippen LogP contribution in [0, 0.1) is 76.0 Å². The lowest BCUT2D eigenvalue weighted by Crippen LogP contribution is -2.55. The number of benzene rings is 6. The summed E-state index contributed by atoms with van der Waals surface area (Å²) in [7, 11) is -22.1. The molecule has 0 saturated heterocycles. The number of Topliss-reactive ketones (excluding diaryl/α,β-unsaturated/α-hetero) is 1. The zero-order valence-electron chi connectivity index (χ0n) is 71.0. The Kier molecular flexibility index (Phi) is 38.9. The van der Waals surface area contributed by atoms with Crippen LogP contribution in [0.4, 0.5) is 0 Å². The molecule has 16 rings (SSSR count). The van der Waals surface area contributed by atoms with Crippen molar-refractivity contribution in [3.63, 3.8) is 0 Å². The number of carbonyl (C=O) groups excluding carboxylic acids is 11. The Hall–Kier alpha value is -7.11. The van der Waals surface area contributed by atoms with E-state index in [1.54, 1.807) is 91.0 Å². The minimum atomic E-state index is -4.45. The molecule has 10 fully saturated rings. The first-order valence-electron chi connectivity index (χ1n) is 42.2. The highest BCUT2D eigenvalue weighted by molar-refractivity contribution is 14.1. The monoisotopic (exact) mass is 2500 g/mol. The van der Waals surface area contributed by atoms with Gasteiger partial charge < -0.3 is 73.0 Å². The first-order valence-corrected chi connectivity index (χ1v) is 55.5. The molecule has 5 N–H and O–H groups in total. The largest absolute Gasteiger partial charge is 0.748 e. The maximum Gasteiger partial charge on any atom is 0.343 e. The molecule has 0 aromatic heterocycles. The molecule has 46 heteroatoms. The number of amides is 5. The van der Waals surface area contributed by atoms with Crippen molar-refractivity contribution in [3.8, 4) is 28.7 Å². The summed E-state index contributed by atoms with van der Waals surface area (Å²) in [6.07, 6.45) is 17.9. The van der Waals surface area contributed by atoms with Gasteiger partial charge in [0.15, 0.2) is 0 Å². The Morgan fingerprint density at radius 3 is 0.850 bits per heavy atom. The fraction of sp³-hybridized carbons (Fsp3) is 0.460. The summed E-state index contributed by atoms with van der Waals surface area (Å²) >= 11 is 10.2. The van der Waals surface area contributed by atoms with Crippen LogP contribution in [0.1, 0.15) is 191 Å². The highest BCUT2D eigenvalue weighted by Crippen LogP contribution is 2.61. The molecule has 2 atom stereocenters. The number of ketones is 1. The van der Waals surface area contributed by atoms with Gasteiger partial charge in [-0.25, -0.2) is 46.9 Å². The van der Waals surface area contributed by atoms with E-state index in [4.69, 9.17) is 23.7 Å². The molecule has 133 heavy (non-hydrogen) atoms. The standard InChI is InChI=1S/C20H22INO7S.C20H24INO6S.C16H20INO6S.C16H14INO6S.C15H18INO6S/c21-14-1-2-15(18(24)22-3-4-30(26,27)28)16(7-14)29-19(25)20-8-11-5-12(9-20)17(23)13(6-11)10-20;21-15-1-2-16(18(23)22-3-4-29(25,26)27)17(8-15)28-19(24)20-9-12-5-13(10-20)7-14(6-12)11-20;2*17-12-6-7-13(15(19)18-8-9-25(21,22)23)14(10-12)24-16(20)11-4-2-1-3-5-11;16-11-5-6-12(14(18)17-7-8-24(20,21)22)13(9-11)23-15(19)10-3-1-2-4-10/h1-2,7,11-13H,3-6,8-10H2,(H,22,24)(H,26,27,28);1-2,8,12-14H,3-7,9-11H2,(H,22,23)(H,25,26,27);6-7,10-11H,1-5,8-9H2,(H,18,19)(H,21,22,23);1-7,10H,8-9H2,(H,18,19)(H,21,22,23);5-6,9-10H,1-4,7-8H2,(H,17,18)(H,20,21,22)/p-5. The average Bonchev–Trinajstić information content (AvgIpc) is 0.777. The number of halogens is 5. The molecule has 722 valence electrons. The summed E-state index contributed by atoms with van der Waals surface area (Å²) in [5.41, 5.74) is -0.230. The number of carbonyl (C=O) groups is 11. The Morgan fingerprint density at radius 2 is 0.571 bits per heavy atom. The Balaban J connectivity index is 0.000000173. The predicted molar refractivity (Wildman–Crippen MR) is 514 cm³/mol. The number of rotatable bonds is 30. The van der Waals surface area contributed by atoms with Crippen molar-refractivity contribution in [3.05, 3.63) is 173 Å². The topological polar surface area (TPSA) is 580 Å². The van der Waals surface area contributed by atoms with Gasteiger partial charge in [-0.1, -0.05) is 50.3 Å². The van der Waals surface area contributed by atoms with E-state index in [-0.39, 0.29) is 137 Å². The molecular weight excluding hydrogens is 2410 g/mol. The number of hydrogen-bond acceptors (Lipinski definition) is 31. The summed E-state index contributed by atoms with van der Waals surface area (Å²) in [5.74, 6) is -5.96. The van der Waals surface area contributed by atoms with Gasteiger partial charge in [0.2, 0.25) is 0 Å². The van der Waals surface area contributed by atoms with E-state index in [0.717, 1.165) is 108 Å². The van der Waals surface area contributed by atoms with Crippen molar-refractivity contribution in [1.29, 1.82) is 0 Å². The molecule has 0 aliphatic heterocycles. The van der Waals surface area contributed by atoms with Gasteiger partial charge in [-0.15, -0.1) is 0 Å². The molecule has 0 spiro atoms. The Labute approximate surface area is 837 Å². The SMILES string of the molecule is O=C(NCCS(=O)(=O)[O-])c1ccc(I)cc1OC(=O)C12CC3CC(C1)C(=O)C(C3)C2.O=C(NCCS(=O)(=O)[O-])c1ccc(I)cc1OC(=O)C12CC3CC(CC(C3)C1)C2.O=C(NCCS(=O)(=O)[O-])c1ccc(I)cc1OC(=O)C1CCCC1.O=C(NCCS(=O)(=O)[O-])c1ccc(I)cc1OC(=O)C1CCCCC1.O=C(Oc1cc(I)ccc1C(=O)NCCS(=O)(=O)[O-])c1ccccc1. The molecular formula is C87H93I5N5O31S5-5. The van der Waals surface area contributed by atoms with Crippen molar-refractivity contribution in [2.45, 2.75) is 128 Å². The smallest absolute Gasteiger partial charge is 0.343 e. The van der Waals surface area contributed by atoms with Gasteiger partial charge in [-0.05, 0) is 336 Å². The van der Waals surface area contributed by atoms with Crippen LogP contribution >= 0.6 is 113 Å². The molecule has 10 saturated carbocycles. The summed E-state index contributed by atoms with van der Waals surface area (Å²) in [5, 5.41) is 11.8. The molecule has 6 aromatic carbocycles. The van der Waals surface area contributed by atoms with Crippen molar-refractivity contribution >= 4 is 229 Å². The summed E-state index contributed by atoms with van der Waals surface area (Å²) in [6, 6.07) is 32.0. The first kappa shape index (κ1) is 108. The second-order valence-electron chi connectivity index (χ2n) is 33.7. The van der Waals surface area contributed by atoms with Gasteiger partial charge in [0.25, 0.3) is 29.5 Å². The van der Waals surface area contributed by atoms with Gasteiger partial charge in [0.05, 0.1) is 135 Å². The van der Waals surface area contributed by atoms with Crippen LogP contribution in [0.2, 0.25) is 0 Å². The predicted octanol–water partition coefficient (Wildman–Crippen LogP) is 10.1. The zero-order valence-corrected chi connectivity index (χ0v) is 85.8. The average molecular weight is 2500 g/mol. The third-order valence-corrected chi connectivity index (χ3v) is 30.6. The van der Waals surface area contributed by atoms with E-state index in [1.807, 2.05) is 90.4 Å². The molecule has 6 aromatic rings. The maximum absolute atomic E-state index is 13.2. The van der Waals surface area contributed by atoms with Gasteiger partial charge >= 0.3 is 29.8 Å². The third-order valence-electron chi connectivity index (χ3n) is 23.7. The number of nitrogens with one attached hydrogen (secondary N) is 5. The van der Waals surface area contributed by atoms with Crippen LogP contribution in [0.3, 0.4) is 0 Å². The molecule has 10 aliphatic carbocycles. The van der Waals surface area contributed by atoms with Crippen molar-refractivity contribution in [1.82, 2.24) is 26.6 Å². The van der Waals surface area contributed by atoms with E-state index in [9.17, 15) is 118 Å². The van der Waals surface area contributed by atoms with Crippen molar-refractivity contribution in [2.24, 2.45) is 58.2 Å². The first-order chi connectivity index (χ1) is 62.5. The molecule has 0 heterocycles. The van der Waals surface area contributed by atoms with Crippen molar-refractivity contribution < 1.29 is 141 Å². The minimum Gasteiger partial charge on any atom is -0.748 e. The van der Waals surface area contributed by atoms with Gasteiger partial charge in [0.1, 0.15) is 34.5 Å². The summed E-state index contributed by atoms with van der Waals surface area (Å²) < 4.78 is 191. The van der Waals surface area contributed by atoms with Gasteiger partial charge in [-0.2, -0.15) is 0 Å². The molecule has 8 bridgehead atoms. The molecule has 0 radical (unpaired) electrons. The quantitative estimate of drug-likeness (QED) is 0.0121. The molecule has 36 nitrogen and oxygen atoms in total. The zero-order chi connectivity index (χ0) is 97.1. The minimum absolute atomic E-state index is 0.0447. The Bertz CT molecular complexity index is 5930.